The molecule has 0 bridgehead atoms. The van der Waals surface area contributed by atoms with Crippen molar-refractivity contribution >= 4 is 12.6 Å². The predicted octanol–water partition coefficient (Wildman–Crippen LogP) is 2.42. The first kappa shape index (κ1) is 14.3. The van der Waals surface area contributed by atoms with Crippen molar-refractivity contribution in [3.05, 3.63) is 35.4 Å². The topological polar surface area (TPSA) is 40.5 Å². The Kier molecular flexibility index (Phi) is 4.85. The zero-order chi connectivity index (χ0) is 13.1. The smallest absolute Gasteiger partial charge is 0.390 e. The van der Waals surface area contributed by atoms with Gasteiger partial charge in [-0.25, -0.2) is 0 Å². The van der Waals surface area contributed by atoms with Crippen LogP contribution in [0.25, 0.3) is 0 Å². The summed E-state index contributed by atoms with van der Waals surface area (Å²) in [5, 5.41) is 19.1. The zero-order valence-corrected chi connectivity index (χ0v) is 9.75. The third-order valence-corrected chi connectivity index (χ3v) is 2.60. The fourth-order valence-corrected chi connectivity index (χ4v) is 1.68. The minimum Gasteiger partial charge on any atom is -0.390 e. The predicted molar refractivity (Wildman–Crippen MR) is 60.9 cm³/mol. The second-order valence-corrected chi connectivity index (χ2v) is 4.09. The van der Waals surface area contributed by atoms with E-state index in [0.717, 1.165) is 12.1 Å². The Balaban J connectivity index is 2.92. The van der Waals surface area contributed by atoms with Gasteiger partial charge >= 0.3 is 6.18 Å². The molecule has 1 rings (SSSR count). The Hall–Kier alpha value is -0.720. The first-order valence-electron chi connectivity index (χ1n) is 5.00. The number of alkyl halides is 3. The van der Waals surface area contributed by atoms with E-state index >= 15 is 0 Å². The van der Waals surface area contributed by atoms with E-state index < -0.39 is 23.9 Å². The van der Waals surface area contributed by atoms with Crippen molar-refractivity contribution in [3.63, 3.8) is 0 Å². The van der Waals surface area contributed by atoms with Gasteiger partial charge in [0.2, 0.25) is 0 Å². The van der Waals surface area contributed by atoms with Crippen LogP contribution in [-0.2, 0) is 6.18 Å². The highest BCUT2D eigenvalue weighted by molar-refractivity contribution is 7.80. The number of hydrogen-bond acceptors (Lipinski definition) is 3. The molecule has 2 atom stereocenters. The average molecular weight is 266 g/mol. The van der Waals surface area contributed by atoms with Crippen LogP contribution in [0.4, 0.5) is 13.2 Å². The van der Waals surface area contributed by atoms with Gasteiger partial charge in [0.05, 0.1) is 11.7 Å². The van der Waals surface area contributed by atoms with Gasteiger partial charge in [-0.2, -0.15) is 25.8 Å². The molecule has 2 nitrogen and oxygen atoms in total. The Morgan fingerprint density at radius 2 is 1.88 bits per heavy atom. The third-order valence-electron chi connectivity index (χ3n) is 2.34. The average Bonchev–Trinajstić information content (AvgIpc) is 2.27. The van der Waals surface area contributed by atoms with E-state index in [1.54, 1.807) is 0 Å². The summed E-state index contributed by atoms with van der Waals surface area (Å²) >= 11 is 3.88. The SMILES string of the molecule is OC(CCS)C(O)c1cccc(C(F)(F)F)c1. The molecular formula is C11H13F3O2S. The van der Waals surface area contributed by atoms with Gasteiger partial charge in [-0.05, 0) is 29.9 Å². The molecule has 17 heavy (non-hydrogen) atoms. The number of rotatable bonds is 4. The van der Waals surface area contributed by atoms with Crippen molar-refractivity contribution < 1.29 is 23.4 Å². The van der Waals surface area contributed by atoms with E-state index in [9.17, 15) is 23.4 Å². The standard InChI is InChI=1S/C11H13F3O2S/c12-11(13,14)8-3-1-2-7(6-8)10(16)9(15)4-5-17/h1-3,6,9-10,15-17H,4-5H2. The normalized spacial score (nSPS) is 15.6. The van der Waals surface area contributed by atoms with Crippen LogP contribution < -0.4 is 0 Å². The van der Waals surface area contributed by atoms with Gasteiger partial charge in [-0.3, -0.25) is 0 Å². The molecule has 0 aromatic heterocycles. The Morgan fingerprint density at radius 1 is 1.24 bits per heavy atom. The number of benzene rings is 1. The summed E-state index contributed by atoms with van der Waals surface area (Å²) in [6.45, 7) is 0. The molecule has 1 aromatic carbocycles. The number of aliphatic hydroxyl groups is 2. The van der Waals surface area contributed by atoms with Gasteiger partial charge in [0.25, 0.3) is 0 Å². The van der Waals surface area contributed by atoms with Crippen LogP contribution in [0.15, 0.2) is 24.3 Å². The van der Waals surface area contributed by atoms with Crippen molar-refractivity contribution in [1.82, 2.24) is 0 Å². The van der Waals surface area contributed by atoms with Crippen LogP contribution in [0.5, 0.6) is 0 Å². The Morgan fingerprint density at radius 3 is 2.41 bits per heavy atom. The molecule has 2 unspecified atom stereocenters. The van der Waals surface area contributed by atoms with Crippen LogP contribution >= 0.6 is 12.6 Å². The quantitative estimate of drug-likeness (QED) is 0.732. The van der Waals surface area contributed by atoms with Gasteiger partial charge in [-0.15, -0.1) is 0 Å². The van der Waals surface area contributed by atoms with Crippen molar-refractivity contribution in [2.45, 2.75) is 24.8 Å². The van der Waals surface area contributed by atoms with Gasteiger partial charge in [0, 0.05) is 0 Å². The molecule has 0 amide bonds. The summed E-state index contributed by atoms with van der Waals surface area (Å²) in [7, 11) is 0. The number of aliphatic hydroxyl groups excluding tert-OH is 2. The molecule has 1 aromatic rings. The molecule has 0 heterocycles. The van der Waals surface area contributed by atoms with Gasteiger partial charge in [-0.1, -0.05) is 12.1 Å². The lowest BCUT2D eigenvalue weighted by Gasteiger charge is -2.18. The highest BCUT2D eigenvalue weighted by Gasteiger charge is 2.31. The van der Waals surface area contributed by atoms with Crippen LogP contribution in [0.1, 0.15) is 23.7 Å². The van der Waals surface area contributed by atoms with Gasteiger partial charge in [0.15, 0.2) is 0 Å². The molecular weight excluding hydrogens is 253 g/mol. The minimum atomic E-state index is -4.45. The largest absolute Gasteiger partial charge is 0.416 e. The molecule has 0 aliphatic heterocycles. The minimum absolute atomic E-state index is 0.0501. The first-order chi connectivity index (χ1) is 7.86. The molecule has 96 valence electrons. The molecule has 0 aliphatic rings. The summed E-state index contributed by atoms with van der Waals surface area (Å²) in [6, 6.07) is 4.31. The Labute approximate surface area is 102 Å². The lowest BCUT2D eigenvalue weighted by Crippen LogP contribution is -2.19. The summed E-state index contributed by atoms with van der Waals surface area (Å²) < 4.78 is 37.3. The number of thiol groups is 1. The zero-order valence-electron chi connectivity index (χ0n) is 8.85. The molecule has 0 saturated carbocycles. The van der Waals surface area contributed by atoms with E-state index in [0.29, 0.717) is 5.75 Å². The van der Waals surface area contributed by atoms with Crippen LogP contribution in [0.2, 0.25) is 0 Å². The molecule has 6 heteroatoms. The molecule has 0 radical (unpaired) electrons. The highest BCUT2D eigenvalue weighted by atomic mass is 32.1. The summed E-state index contributed by atoms with van der Waals surface area (Å²) in [5.41, 5.74) is -0.791. The maximum absolute atomic E-state index is 12.4. The highest BCUT2D eigenvalue weighted by Crippen LogP contribution is 2.31. The molecule has 0 fully saturated rings. The van der Waals surface area contributed by atoms with E-state index in [1.165, 1.54) is 12.1 Å². The fraction of sp³-hybridized carbons (Fsp3) is 0.455. The van der Waals surface area contributed by atoms with E-state index in [1.807, 2.05) is 0 Å². The lowest BCUT2D eigenvalue weighted by molar-refractivity contribution is -0.137. The maximum atomic E-state index is 12.4. The van der Waals surface area contributed by atoms with Crippen LogP contribution in [0, 0.1) is 0 Å². The number of hydrogen-bond donors (Lipinski definition) is 3. The Bertz CT molecular complexity index is 368. The molecule has 0 aliphatic carbocycles. The van der Waals surface area contributed by atoms with Gasteiger partial charge in [0.1, 0.15) is 6.10 Å². The van der Waals surface area contributed by atoms with E-state index in [2.05, 4.69) is 12.6 Å². The molecule has 0 saturated heterocycles. The van der Waals surface area contributed by atoms with Gasteiger partial charge < -0.3 is 10.2 Å². The second-order valence-electron chi connectivity index (χ2n) is 3.65. The van der Waals surface area contributed by atoms with E-state index in [-0.39, 0.29) is 12.0 Å². The summed E-state index contributed by atoms with van der Waals surface area (Å²) in [6.07, 6.45) is -6.69. The monoisotopic (exact) mass is 266 g/mol. The molecule has 0 spiro atoms. The van der Waals surface area contributed by atoms with Crippen LogP contribution in [0.3, 0.4) is 0 Å². The fourth-order valence-electron chi connectivity index (χ4n) is 1.41. The maximum Gasteiger partial charge on any atom is 0.416 e. The number of halogens is 3. The van der Waals surface area contributed by atoms with Crippen molar-refractivity contribution in [1.29, 1.82) is 0 Å². The molecule has 2 N–H and O–H groups in total. The second kappa shape index (κ2) is 5.75. The summed E-state index contributed by atoms with van der Waals surface area (Å²) in [4.78, 5) is 0. The lowest BCUT2D eigenvalue weighted by atomic mass is 10.0. The van der Waals surface area contributed by atoms with Crippen molar-refractivity contribution in [3.8, 4) is 0 Å². The first-order valence-corrected chi connectivity index (χ1v) is 5.63. The van der Waals surface area contributed by atoms with Crippen molar-refractivity contribution in [2.75, 3.05) is 5.75 Å². The van der Waals surface area contributed by atoms with Crippen molar-refractivity contribution in [2.24, 2.45) is 0 Å². The van der Waals surface area contributed by atoms with Crippen LogP contribution in [-0.4, -0.2) is 22.1 Å². The third kappa shape index (κ3) is 3.90. The van der Waals surface area contributed by atoms with E-state index in [4.69, 9.17) is 0 Å². The summed E-state index contributed by atoms with van der Waals surface area (Å²) in [5.74, 6) is 0.344.